The summed E-state index contributed by atoms with van der Waals surface area (Å²) in [6.07, 6.45) is 3.93. The lowest BCUT2D eigenvalue weighted by Gasteiger charge is -2.08. The van der Waals surface area contributed by atoms with Crippen molar-refractivity contribution in [1.82, 2.24) is 14.9 Å². The molecule has 0 aliphatic carbocycles. The molecule has 3 nitrogen and oxygen atoms in total. The first-order chi connectivity index (χ1) is 7.90. The number of rotatable bonds is 5. The molecule has 0 aliphatic heterocycles. The zero-order valence-corrected chi connectivity index (χ0v) is 9.56. The van der Waals surface area contributed by atoms with Crippen molar-refractivity contribution in [3.05, 3.63) is 54.1 Å². The second-order valence-electron chi connectivity index (χ2n) is 3.73. The minimum absolute atomic E-state index is 0.842. The summed E-state index contributed by atoms with van der Waals surface area (Å²) < 4.78 is 2.23. The fourth-order valence-corrected chi connectivity index (χ4v) is 1.68. The molecule has 0 radical (unpaired) electrons. The quantitative estimate of drug-likeness (QED) is 0.827. The van der Waals surface area contributed by atoms with Crippen molar-refractivity contribution < 1.29 is 0 Å². The van der Waals surface area contributed by atoms with Gasteiger partial charge in [0.2, 0.25) is 0 Å². The van der Waals surface area contributed by atoms with E-state index in [9.17, 15) is 0 Å². The number of hydrogen-bond acceptors (Lipinski definition) is 2. The smallest absolute Gasteiger partial charge is 0.0645 e. The Kier molecular flexibility index (Phi) is 3.72. The molecule has 0 aromatic carbocycles. The molecule has 84 valence electrons. The van der Waals surface area contributed by atoms with Gasteiger partial charge in [0.05, 0.1) is 12.2 Å². The van der Waals surface area contributed by atoms with Crippen molar-refractivity contribution in [2.24, 2.45) is 0 Å². The highest BCUT2D eigenvalue weighted by Crippen LogP contribution is 2.05. The van der Waals surface area contributed by atoms with E-state index in [1.54, 1.807) is 0 Å². The number of nitrogens with one attached hydrogen (secondary N) is 1. The second-order valence-corrected chi connectivity index (χ2v) is 3.73. The maximum Gasteiger partial charge on any atom is 0.0645 e. The van der Waals surface area contributed by atoms with E-state index in [4.69, 9.17) is 0 Å². The third kappa shape index (κ3) is 2.70. The van der Waals surface area contributed by atoms with E-state index in [1.165, 1.54) is 5.69 Å². The Morgan fingerprint density at radius 3 is 2.94 bits per heavy atom. The molecule has 2 heterocycles. The Morgan fingerprint density at radius 2 is 2.19 bits per heavy atom. The van der Waals surface area contributed by atoms with Gasteiger partial charge < -0.3 is 9.88 Å². The third-order valence-corrected chi connectivity index (χ3v) is 2.54. The van der Waals surface area contributed by atoms with Crippen LogP contribution in [0.4, 0.5) is 0 Å². The molecule has 0 aliphatic rings. The van der Waals surface area contributed by atoms with E-state index in [0.29, 0.717) is 0 Å². The summed E-state index contributed by atoms with van der Waals surface area (Å²) in [5, 5.41) is 3.34. The van der Waals surface area contributed by atoms with Gasteiger partial charge >= 0.3 is 0 Å². The Morgan fingerprint density at radius 1 is 1.25 bits per heavy atom. The molecule has 0 saturated heterocycles. The van der Waals surface area contributed by atoms with Gasteiger partial charge in [-0.15, -0.1) is 0 Å². The summed E-state index contributed by atoms with van der Waals surface area (Å²) in [7, 11) is 0. The number of pyridine rings is 1. The van der Waals surface area contributed by atoms with Crippen LogP contribution in [-0.2, 0) is 13.1 Å². The lowest BCUT2D eigenvalue weighted by Crippen LogP contribution is -2.15. The highest BCUT2D eigenvalue weighted by atomic mass is 15.0. The topological polar surface area (TPSA) is 29.9 Å². The summed E-state index contributed by atoms with van der Waals surface area (Å²) in [5.74, 6) is 0. The largest absolute Gasteiger partial charge is 0.344 e. The molecule has 2 aromatic heterocycles. The van der Waals surface area contributed by atoms with Crippen molar-refractivity contribution in [3.63, 3.8) is 0 Å². The van der Waals surface area contributed by atoms with Gasteiger partial charge in [0.15, 0.2) is 0 Å². The average Bonchev–Trinajstić information content (AvgIpc) is 2.75. The van der Waals surface area contributed by atoms with Gasteiger partial charge in [-0.25, -0.2) is 0 Å². The molecular formula is C13H17N3. The van der Waals surface area contributed by atoms with Crippen molar-refractivity contribution in [2.75, 3.05) is 6.54 Å². The van der Waals surface area contributed by atoms with Crippen LogP contribution in [0.5, 0.6) is 0 Å². The lowest BCUT2D eigenvalue weighted by molar-refractivity contribution is 0.652. The zero-order chi connectivity index (χ0) is 11.2. The first-order valence-electron chi connectivity index (χ1n) is 5.65. The van der Waals surface area contributed by atoms with Gasteiger partial charge in [-0.2, -0.15) is 0 Å². The SMILES string of the molecule is CCNCc1cccn1Cc1ccccn1. The Labute approximate surface area is 96.1 Å². The van der Waals surface area contributed by atoms with Crippen LogP contribution < -0.4 is 5.32 Å². The highest BCUT2D eigenvalue weighted by Gasteiger charge is 2.01. The van der Waals surface area contributed by atoms with Gasteiger partial charge in [0.25, 0.3) is 0 Å². The van der Waals surface area contributed by atoms with Crippen LogP contribution in [0.1, 0.15) is 18.3 Å². The number of aromatic nitrogens is 2. The molecule has 16 heavy (non-hydrogen) atoms. The third-order valence-electron chi connectivity index (χ3n) is 2.54. The van der Waals surface area contributed by atoms with Crippen molar-refractivity contribution in [1.29, 1.82) is 0 Å². The Balaban J connectivity index is 2.07. The molecule has 2 aromatic rings. The van der Waals surface area contributed by atoms with Crippen LogP contribution in [0.25, 0.3) is 0 Å². The van der Waals surface area contributed by atoms with E-state index < -0.39 is 0 Å². The fraction of sp³-hybridized carbons (Fsp3) is 0.308. The zero-order valence-electron chi connectivity index (χ0n) is 9.56. The van der Waals surface area contributed by atoms with Gasteiger partial charge in [0, 0.05) is 24.6 Å². The molecule has 1 N–H and O–H groups in total. The maximum absolute atomic E-state index is 4.33. The molecular weight excluding hydrogens is 198 g/mol. The van der Waals surface area contributed by atoms with Crippen molar-refractivity contribution >= 4 is 0 Å². The first-order valence-corrected chi connectivity index (χ1v) is 5.65. The minimum Gasteiger partial charge on any atom is -0.344 e. The minimum atomic E-state index is 0.842. The maximum atomic E-state index is 4.33. The predicted molar refractivity (Wildman–Crippen MR) is 65.2 cm³/mol. The van der Waals surface area contributed by atoms with Crippen LogP contribution in [0.3, 0.4) is 0 Å². The lowest BCUT2D eigenvalue weighted by atomic mass is 10.3. The first kappa shape index (κ1) is 10.9. The normalized spacial score (nSPS) is 10.6. The van der Waals surface area contributed by atoms with E-state index in [-0.39, 0.29) is 0 Å². The summed E-state index contributed by atoms with van der Waals surface area (Å²) >= 11 is 0. The van der Waals surface area contributed by atoms with Gasteiger partial charge in [-0.3, -0.25) is 4.98 Å². The summed E-state index contributed by atoms with van der Waals surface area (Å²) in [5.41, 5.74) is 2.39. The number of hydrogen-bond donors (Lipinski definition) is 1. The van der Waals surface area contributed by atoms with Crippen LogP contribution in [0.2, 0.25) is 0 Å². The molecule has 0 saturated carbocycles. The Bertz CT molecular complexity index is 420. The molecule has 0 fully saturated rings. The fourth-order valence-electron chi connectivity index (χ4n) is 1.68. The van der Waals surface area contributed by atoms with Crippen LogP contribution in [0, 0.1) is 0 Å². The standard InChI is InChI=1S/C13H17N3/c1-2-14-10-13-7-5-9-16(13)11-12-6-3-4-8-15-12/h3-9,14H,2,10-11H2,1H3. The van der Waals surface area contributed by atoms with Crippen LogP contribution >= 0.6 is 0 Å². The van der Waals surface area contributed by atoms with E-state index in [1.807, 2.05) is 18.3 Å². The van der Waals surface area contributed by atoms with E-state index >= 15 is 0 Å². The molecule has 3 heteroatoms. The molecule has 2 rings (SSSR count). The molecule has 0 unspecified atom stereocenters. The predicted octanol–water partition coefficient (Wildman–Crippen LogP) is 2.04. The van der Waals surface area contributed by atoms with Crippen LogP contribution in [-0.4, -0.2) is 16.1 Å². The summed E-state index contributed by atoms with van der Waals surface area (Å²) in [6, 6.07) is 10.2. The van der Waals surface area contributed by atoms with Gasteiger partial charge in [0.1, 0.15) is 0 Å². The monoisotopic (exact) mass is 215 g/mol. The van der Waals surface area contributed by atoms with Gasteiger partial charge in [-0.05, 0) is 30.8 Å². The highest BCUT2D eigenvalue weighted by molar-refractivity contribution is 5.11. The average molecular weight is 215 g/mol. The van der Waals surface area contributed by atoms with Crippen molar-refractivity contribution in [2.45, 2.75) is 20.0 Å². The molecule has 0 atom stereocenters. The van der Waals surface area contributed by atoms with E-state index in [2.05, 4.69) is 46.2 Å². The van der Waals surface area contributed by atoms with Gasteiger partial charge in [-0.1, -0.05) is 13.0 Å². The molecule has 0 spiro atoms. The second kappa shape index (κ2) is 5.47. The van der Waals surface area contributed by atoms with Crippen LogP contribution in [0.15, 0.2) is 42.7 Å². The Hall–Kier alpha value is -1.61. The summed E-state index contributed by atoms with van der Waals surface area (Å²) in [4.78, 5) is 4.33. The molecule has 0 amide bonds. The number of nitrogens with zero attached hydrogens (tertiary/aromatic N) is 2. The van der Waals surface area contributed by atoms with E-state index in [0.717, 1.165) is 25.3 Å². The molecule has 0 bridgehead atoms. The summed E-state index contributed by atoms with van der Waals surface area (Å²) in [6.45, 7) is 4.87. The van der Waals surface area contributed by atoms with Crippen molar-refractivity contribution in [3.8, 4) is 0 Å².